The van der Waals surface area contributed by atoms with Crippen LogP contribution in [-0.2, 0) is 4.79 Å². The van der Waals surface area contributed by atoms with E-state index in [-0.39, 0.29) is 5.91 Å². The molecule has 2 aromatic rings. The summed E-state index contributed by atoms with van der Waals surface area (Å²) in [6, 6.07) is 12.4. The molecule has 0 N–H and O–H groups in total. The summed E-state index contributed by atoms with van der Waals surface area (Å²) in [6.45, 7) is 9.53. The Bertz CT molecular complexity index is 849. The normalized spacial score (nSPS) is 14.7. The summed E-state index contributed by atoms with van der Waals surface area (Å²) in [4.78, 5) is 16.9. The fraction of sp³-hybridized carbons (Fsp3) is 0.348. The topological polar surface area (TPSA) is 32.8 Å². The highest BCUT2D eigenvalue weighted by Crippen LogP contribution is 2.24. The van der Waals surface area contributed by atoms with Crippen LogP contribution in [0.2, 0.25) is 0 Å². The number of amides is 1. The SMILES string of the molecule is COc1ccc(C)cc1/C=C/C(=O)N1CCN(c2cccc(C)c2C)CC1. The van der Waals surface area contributed by atoms with E-state index in [1.54, 1.807) is 13.2 Å². The minimum Gasteiger partial charge on any atom is -0.496 e. The maximum Gasteiger partial charge on any atom is 0.246 e. The summed E-state index contributed by atoms with van der Waals surface area (Å²) in [5.74, 6) is 0.837. The van der Waals surface area contributed by atoms with E-state index < -0.39 is 0 Å². The van der Waals surface area contributed by atoms with Crippen LogP contribution >= 0.6 is 0 Å². The molecule has 0 radical (unpaired) electrons. The Morgan fingerprint density at radius 3 is 2.48 bits per heavy atom. The van der Waals surface area contributed by atoms with E-state index in [2.05, 4.69) is 36.9 Å². The highest BCUT2D eigenvalue weighted by molar-refractivity contribution is 5.92. The number of methoxy groups -OCH3 is 1. The highest BCUT2D eigenvalue weighted by Gasteiger charge is 2.21. The molecule has 4 nitrogen and oxygen atoms in total. The maximum atomic E-state index is 12.6. The fourth-order valence-electron chi connectivity index (χ4n) is 3.50. The summed E-state index contributed by atoms with van der Waals surface area (Å²) in [5.41, 5.74) is 5.98. The van der Waals surface area contributed by atoms with Crippen molar-refractivity contribution >= 4 is 17.7 Å². The molecule has 3 rings (SSSR count). The van der Waals surface area contributed by atoms with Crippen molar-refractivity contribution in [2.24, 2.45) is 0 Å². The lowest BCUT2D eigenvalue weighted by Gasteiger charge is -2.36. The second-order valence-corrected chi connectivity index (χ2v) is 7.11. The predicted octanol–water partition coefficient (Wildman–Crippen LogP) is 3.98. The average molecular weight is 364 g/mol. The number of rotatable bonds is 4. The van der Waals surface area contributed by atoms with E-state index in [0.717, 1.165) is 43.1 Å². The largest absolute Gasteiger partial charge is 0.496 e. The van der Waals surface area contributed by atoms with Gasteiger partial charge >= 0.3 is 0 Å². The Labute approximate surface area is 162 Å². The Balaban J connectivity index is 1.63. The summed E-state index contributed by atoms with van der Waals surface area (Å²) in [5, 5.41) is 0. The number of carbonyl (C=O) groups is 1. The zero-order valence-electron chi connectivity index (χ0n) is 16.7. The minimum absolute atomic E-state index is 0.0548. The molecule has 1 saturated heterocycles. The van der Waals surface area contributed by atoms with E-state index >= 15 is 0 Å². The zero-order valence-corrected chi connectivity index (χ0v) is 16.7. The number of hydrogen-bond donors (Lipinski definition) is 0. The number of benzene rings is 2. The van der Waals surface area contributed by atoms with Gasteiger partial charge in [0.15, 0.2) is 0 Å². The lowest BCUT2D eigenvalue weighted by atomic mass is 10.1. The number of ether oxygens (including phenoxy) is 1. The van der Waals surface area contributed by atoms with Crippen molar-refractivity contribution in [1.82, 2.24) is 4.90 Å². The molecule has 0 aliphatic carbocycles. The van der Waals surface area contributed by atoms with Crippen molar-refractivity contribution in [3.05, 3.63) is 64.7 Å². The van der Waals surface area contributed by atoms with Gasteiger partial charge in [0, 0.05) is 43.5 Å². The molecule has 0 aromatic heterocycles. The van der Waals surface area contributed by atoms with E-state index in [0.29, 0.717) is 0 Å². The fourth-order valence-corrected chi connectivity index (χ4v) is 3.50. The molecule has 0 saturated carbocycles. The van der Waals surface area contributed by atoms with Gasteiger partial charge in [-0.15, -0.1) is 0 Å². The Morgan fingerprint density at radius 2 is 1.78 bits per heavy atom. The van der Waals surface area contributed by atoms with Crippen LogP contribution in [0.25, 0.3) is 6.08 Å². The third kappa shape index (κ3) is 4.33. The summed E-state index contributed by atoms with van der Waals surface area (Å²) in [6.07, 6.45) is 3.51. The van der Waals surface area contributed by atoms with Gasteiger partial charge in [-0.1, -0.05) is 23.8 Å². The van der Waals surface area contributed by atoms with Gasteiger partial charge in [-0.2, -0.15) is 0 Å². The molecule has 27 heavy (non-hydrogen) atoms. The molecular weight excluding hydrogens is 336 g/mol. The van der Waals surface area contributed by atoms with Gasteiger partial charge in [-0.25, -0.2) is 0 Å². The number of piperazine rings is 1. The van der Waals surface area contributed by atoms with Gasteiger partial charge in [0.05, 0.1) is 7.11 Å². The first kappa shape index (κ1) is 19.0. The Hall–Kier alpha value is -2.75. The van der Waals surface area contributed by atoms with Gasteiger partial charge in [0.25, 0.3) is 0 Å². The minimum atomic E-state index is 0.0548. The van der Waals surface area contributed by atoms with Gasteiger partial charge in [0.2, 0.25) is 5.91 Å². The standard InChI is InChI=1S/C23H28N2O2/c1-17-8-10-22(27-4)20(16-17)9-11-23(26)25-14-12-24(13-15-25)21-7-5-6-18(2)19(21)3/h5-11,16H,12-15H2,1-4H3/b11-9+. The molecule has 4 heteroatoms. The van der Waals surface area contributed by atoms with Gasteiger partial charge in [-0.3, -0.25) is 4.79 Å². The van der Waals surface area contributed by atoms with E-state index in [9.17, 15) is 4.79 Å². The van der Waals surface area contributed by atoms with Crippen LogP contribution < -0.4 is 9.64 Å². The molecule has 0 spiro atoms. The van der Waals surface area contributed by atoms with Crippen molar-refractivity contribution < 1.29 is 9.53 Å². The molecule has 2 aromatic carbocycles. The van der Waals surface area contributed by atoms with E-state index in [1.165, 1.54) is 16.8 Å². The number of carbonyl (C=O) groups excluding carboxylic acids is 1. The Morgan fingerprint density at radius 1 is 1.04 bits per heavy atom. The predicted molar refractivity (Wildman–Crippen MR) is 111 cm³/mol. The maximum absolute atomic E-state index is 12.6. The van der Waals surface area contributed by atoms with Crippen LogP contribution in [0.4, 0.5) is 5.69 Å². The van der Waals surface area contributed by atoms with Crippen LogP contribution in [0, 0.1) is 20.8 Å². The van der Waals surface area contributed by atoms with Crippen molar-refractivity contribution in [1.29, 1.82) is 0 Å². The third-order valence-electron chi connectivity index (χ3n) is 5.30. The summed E-state index contributed by atoms with van der Waals surface area (Å²) in [7, 11) is 1.65. The lowest BCUT2D eigenvalue weighted by molar-refractivity contribution is -0.126. The molecule has 1 aliphatic heterocycles. The van der Waals surface area contributed by atoms with Crippen LogP contribution in [0.15, 0.2) is 42.5 Å². The summed E-state index contributed by atoms with van der Waals surface area (Å²) >= 11 is 0. The molecule has 1 aliphatic rings. The summed E-state index contributed by atoms with van der Waals surface area (Å²) < 4.78 is 5.38. The van der Waals surface area contributed by atoms with E-state index in [4.69, 9.17) is 4.74 Å². The molecule has 1 amide bonds. The molecule has 1 fully saturated rings. The van der Waals surface area contributed by atoms with Crippen molar-refractivity contribution in [3.63, 3.8) is 0 Å². The van der Waals surface area contributed by atoms with Gasteiger partial charge in [0.1, 0.15) is 5.75 Å². The first-order valence-corrected chi connectivity index (χ1v) is 9.42. The monoisotopic (exact) mass is 364 g/mol. The quantitative estimate of drug-likeness (QED) is 0.769. The van der Waals surface area contributed by atoms with Crippen molar-refractivity contribution in [2.75, 3.05) is 38.2 Å². The zero-order chi connectivity index (χ0) is 19.4. The van der Waals surface area contributed by atoms with Crippen molar-refractivity contribution in [2.45, 2.75) is 20.8 Å². The van der Waals surface area contributed by atoms with Crippen LogP contribution in [0.3, 0.4) is 0 Å². The van der Waals surface area contributed by atoms with Crippen LogP contribution in [0.5, 0.6) is 5.75 Å². The molecule has 0 atom stereocenters. The molecular formula is C23H28N2O2. The second kappa shape index (κ2) is 8.30. The van der Waals surface area contributed by atoms with Crippen LogP contribution in [-0.4, -0.2) is 44.1 Å². The van der Waals surface area contributed by atoms with Gasteiger partial charge < -0.3 is 14.5 Å². The van der Waals surface area contributed by atoms with Crippen molar-refractivity contribution in [3.8, 4) is 5.75 Å². The molecule has 1 heterocycles. The molecule has 142 valence electrons. The Kier molecular flexibility index (Phi) is 5.84. The number of hydrogen-bond acceptors (Lipinski definition) is 3. The smallest absolute Gasteiger partial charge is 0.246 e. The highest BCUT2D eigenvalue weighted by atomic mass is 16.5. The number of nitrogens with zero attached hydrogens (tertiary/aromatic N) is 2. The first-order valence-electron chi connectivity index (χ1n) is 9.42. The number of aryl methyl sites for hydroxylation is 2. The van der Waals surface area contributed by atoms with Crippen LogP contribution in [0.1, 0.15) is 22.3 Å². The first-order chi connectivity index (χ1) is 13.0. The molecule has 0 bridgehead atoms. The molecule has 0 unspecified atom stereocenters. The lowest BCUT2D eigenvalue weighted by Crippen LogP contribution is -2.48. The third-order valence-corrected chi connectivity index (χ3v) is 5.30. The van der Waals surface area contributed by atoms with E-state index in [1.807, 2.05) is 36.1 Å². The second-order valence-electron chi connectivity index (χ2n) is 7.11. The van der Waals surface area contributed by atoms with Gasteiger partial charge in [-0.05, 0) is 56.2 Å². The number of anilines is 1. The average Bonchev–Trinajstić information content (AvgIpc) is 2.68.